The lowest BCUT2D eigenvalue weighted by molar-refractivity contribution is 0.0681. The van der Waals surface area contributed by atoms with Gasteiger partial charge in [0.2, 0.25) is 0 Å². The monoisotopic (exact) mass is 238 g/mol. The average Bonchev–Trinajstić information content (AvgIpc) is 2.18. The van der Waals surface area contributed by atoms with Gasteiger partial charge in [-0.25, -0.2) is 0 Å². The van der Waals surface area contributed by atoms with Gasteiger partial charge < -0.3 is 10.2 Å². The molecule has 1 aliphatic heterocycles. The normalized spacial score (nSPS) is 15.7. The molecule has 1 aromatic carbocycles. The van der Waals surface area contributed by atoms with Crippen LogP contribution in [-0.2, 0) is 0 Å². The van der Waals surface area contributed by atoms with Gasteiger partial charge in [0.1, 0.15) is 0 Å². The second kappa shape index (κ2) is 4.44. The summed E-state index contributed by atoms with van der Waals surface area (Å²) in [5, 5.41) is 3.85. The molecule has 1 fully saturated rings. The summed E-state index contributed by atoms with van der Waals surface area (Å²) in [5.74, 6) is 0.0614. The third kappa shape index (κ3) is 2.06. The first-order valence-corrected chi connectivity index (χ1v) is 5.71. The molecule has 1 amide bonds. The smallest absolute Gasteiger partial charge is 0.253 e. The van der Waals surface area contributed by atoms with E-state index in [0.29, 0.717) is 16.6 Å². The Hall–Kier alpha value is -1.06. The minimum Gasteiger partial charge on any atom is -0.336 e. The highest BCUT2D eigenvalue weighted by Gasteiger charge is 2.25. The molecule has 1 N–H and O–H groups in total. The molecule has 2 rings (SSSR count). The molecule has 86 valence electrons. The first kappa shape index (κ1) is 11.4. The summed E-state index contributed by atoms with van der Waals surface area (Å²) < 4.78 is 0. The average molecular weight is 239 g/mol. The van der Waals surface area contributed by atoms with Gasteiger partial charge in [-0.05, 0) is 30.7 Å². The maximum atomic E-state index is 12.1. The number of carbonyl (C=O) groups excluding carboxylic acids is 1. The summed E-state index contributed by atoms with van der Waals surface area (Å²) in [6.45, 7) is 3.67. The number of benzene rings is 1. The van der Waals surface area contributed by atoms with Crippen LogP contribution in [0.3, 0.4) is 0 Å². The fraction of sp³-hybridized carbons (Fsp3) is 0.417. The number of aryl methyl sites for hydroxylation is 1. The molecule has 0 aliphatic carbocycles. The summed E-state index contributed by atoms with van der Waals surface area (Å²) in [4.78, 5) is 13.9. The third-order valence-corrected chi connectivity index (χ3v) is 3.46. The van der Waals surface area contributed by atoms with E-state index < -0.39 is 0 Å². The largest absolute Gasteiger partial charge is 0.336 e. The predicted molar refractivity (Wildman–Crippen MR) is 64.9 cm³/mol. The van der Waals surface area contributed by atoms with Crippen molar-refractivity contribution in [2.45, 2.75) is 13.0 Å². The molecule has 0 atom stereocenters. The molecule has 1 aromatic rings. The van der Waals surface area contributed by atoms with Crippen molar-refractivity contribution in [1.29, 1.82) is 0 Å². The molecule has 1 saturated heterocycles. The number of amides is 1. The fourth-order valence-corrected chi connectivity index (χ4v) is 1.81. The van der Waals surface area contributed by atoms with E-state index in [2.05, 4.69) is 5.32 Å². The minimum absolute atomic E-state index is 0.0614. The Kier molecular flexibility index (Phi) is 3.17. The summed E-state index contributed by atoms with van der Waals surface area (Å²) in [6, 6.07) is 5.72. The van der Waals surface area contributed by atoms with Crippen LogP contribution in [0.5, 0.6) is 0 Å². The SMILES string of the molecule is Cc1cc(C(=O)N(C)C2CNC2)ccc1Cl. The third-order valence-electron chi connectivity index (χ3n) is 3.03. The van der Waals surface area contributed by atoms with Crippen LogP contribution < -0.4 is 5.32 Å². The summed E-state index contributed by atoms with van der Waals surface area (Å²) in [7, 11) is 1.85. The van der Waals surface area contributed by atoms with Crippen LogP contribution in [-0.4, -0.2) is 37.0 Å². The molecule has 1 heterocycles. The van der Waals surface area contributed by atoms with E-state index in [1.165, 1.54) is 0 Å². The van der Waals surface area contributed by atoms with Crippen molar-refractivity contribution < 1.29 is 4.79 Å². The van der Waals surface area contributed by atoms with Gasteiger partial charge in [-0.15, -0.1) is 0 Å². The second-order valence-electron chi connectivity index (χ2n) is 4.19. The van der Waals surface area contributed by atoms with E-state index in [9.17, 15) is 4.79 Å². The molecule has 4 heteroatoms. The summed E-state index contributed by atoms with van der Waals surface area (Å²) >= 11 is 5.93. The van der Waals surface area contributed by atoms with Gasteiger partial charge in [0.25, 0.3) is 5.91 Å². The van der Waals surface area contributed by atoms with Crippen LogP contribution >= 0.6 is 11.6 Å². The number of nitrogens with one attached hydrogen (secondary N) is 1. The van der Waals surface area contributed by atoms with Crippen molar-refractivity contribution in [3.63, 3.8) is 0 Å². The number of hydrogen-bond acceptors (Lipinski definition) is 2. The predicted octanol–water partition coefficient (Wildman–Crippen LogP) is 1.69. The highest BCUT2D eigenvalue weighted by Crippen LogP contribution is 2.18. The van der Waals surface area contributed by atoms with Crippen molar-refractivity contribution in [3.8, 4) is 0 Å². The zero-order valence-electron chi connectivity index (χ0n) is 9.46. The second-order valence-corrected chi connectivity index (χ2v) is 4.60. The molecule has 0 bridgehead atoms. The molecule has 3 nitrogen and oxygen atoms in total. The van der Waals surface area contributed by atoms with Gasteiger partial charge in [0, 0.05) is 30.7 Å². The molecular weight excluding hydrogens is 224 g/mol. The molecule has 16 heavy (non-hydrogen) atoms. The Labute approximate surface area is 100 Å². The van der Waals surface area contributed by atoms with Crippen molar-refractivity contribution in [2.24, 2.45) is 0 Å². The molecule has 1 aliphatic rings. The van der Waals surface area contributed by atoms with E-state index in [1.54, 1.807) is 17.0 Å². The van der Waals surface area contributed by atoms with Crippen LogP contribution in [0.1, 0.15) is 15.9 Å². The lowest BCUT2D eigenvalue weighted by atomic mass is 10.1. The first-order valence-electron chi connectivity index (χ1n) is 5.33. The summed E-state index contributed by atoms with van der Waals surface area (Å²) in [6.07, 6.45) is 0. The Morgan fingerprint density at radius 2 is 2.19 bits per heavy atom. The van der Waals surface area contributed by atoms with Gasteiger partial charge in [0.05, 0.1) is 6.04 Å². The van der Waals surface area contributed by atoms with E-state index in [0.717, 1.165) is 18.7 Å². The van der Waals surface area contributed by atoms with Crippen LogP contribution in [0.2, 0.25) is 5.02 Å². The molecular formula is C12H15ClN2O. The van der Waals surface area contributed by atoms with Gasteiger partial charge in [-0.2, -0.15) is 0 Å². The maximum Gasteiger partial charge on any atom is 0.253 e. The van der Waals surface area contributed by atoms with Crippen molar-refractivity contribution in [2.75, 3.05) is 20.1 Å². The standard InChI is InChI=1S/C12H15ClN2O/c1-8-5-9(3-4-11(8)13)12(16)15(2)10-6-14-7-10/h3-5,10,14H,6-7H2,1-2H3. The van der Waals surface area contributed by atoms with Gasteiger partial charge >= 0.3 is 0 Å². The van der Waals surface area contributed by atoms with Crippen molar-refractivity contribution in [1.82, 2.24) is 10.2 Å². The van der Waals surface area contributed by atoms with E-state index in [-0.39, 0.29) is 5.91 Å². The number of carbonyl (C=O) groups is 1. The van der Waals surface area contributed by atoms with Gasteiger partial charge in [-0.3, -0.25) is 4.79 Å². The maximum absolute atomic E-state index is 12.1. The highest BCUT2D eigenvalue weighted by atomic mass is 35.5. The fourth-order valence-electron chi connectivity index (χ4n) is 1.69. The number of rotatable bonds is 2. The molecule has 0 radical (unpaired) electrons. The van der Waals surface area contributed by atoms with Crippen LogP contribution in [0.4, 0.5) is 0 Å². The molecule has 0 aromatic heterocycles. The van der Waals surface area contributed by atoms with Crippen molar-refractivity contribution in [3.05, 3.63) is 34.3 Å². The topological polar surface area (TPSA) is 32.3 Å². The highest BCUT2D eigenvalue weighted by molar-refractivity contribution is 6.31. The Bertz CT molecular complexity index is 415. The quantitative estimate of drug-likeness (QED) is 0.851. The van der Waals surface area contributed by atoms with Gasteiger partial charge in [-0.1, -0.05) is 11.6 Å². The van der Waals surface area contributed by atoms with Crippen LogP contribution in [0, 0.1) is 6.92 Å². The van der Waals surface area contributed by atoms with Gasteiger partial charge in [0.15, 0.2) is 0 Å². The number of likely N-dealkylation sites (N-methyl/N-ethyl adjacent to an activating group) is 1. The Morgan fingerprint density at radius 1 is 1.50 bits per heavy atom. The summed E-state index contributed by atoms with van der Waals surface area (Å²) in [5.41, 5.74) is 1.64. The van der Waals surface area contributed by atoms with Crippen LogP contribution in [0.15, 0.2) is 18.2 Å². The number of nitrogens with zero attached hydrogens (tertiary/aromatic N) is 1. The zero-order chi connectivity index (χ0) is 11.7. The molecule has 0 spiro atoms. The number of halogens is 1. The van der Waals surface area contributed by atoms with Crippen LogP contribution in [0.25, 0.3) is 0 Å². The zero-order valence-corrected chi connectivity index (χ0v) is 10.2. The number of hydrogen-bond donors (Lipinski definition) is 1. The lowest BCUT2D eigenvalue weighted by Crippen LogP contribution is -2.57. The van der Waals surface area contributed by atoms with Crippen molar-refractivity contribution >= 4 is 17.5 Å². The molecule has 0 unspecified atom stereocenters. The molecule has 0 saturated carbocycles. The Morgan fingerprint density at radius 3 is 2.69 bits per heavy atom. The van der Waals surface area contributed by atoms with E-state index >= 15 is 0 Å². The minimum atomic E-state index is 0.0614. The first-order chi connectivity index (χ1) is 7.59. The van der Waals surface area contributed by atoms with E-state index in [1.807, 2.05) is 20.0 Å². The Balaban J connectivity index is 2.16. The lowest BCUT2D eigenvalue weighted by Gasteiger charge is -2.35. The van der Waals surface area contributed by atoms with E-state index in [4.69, 9.17) is 11.6 Å².